The molecule has 1 heteroatoms. The average Bonchev–Trinajstić information content (AvgIpc) is 3.05. The second kappa shape index (κ2) is 12.2. The Hall–Kier alpha value is -0.534. The van der Waals surface area contributed by atoms with Gasteiger partial charge >= 0.3 is 0 Å². The molecule has 4 rings (SSSR count). The normalized spacial score (nSPS) is 33.2. The van der Waals surface area contributed by atoms with E-state index in [2.05, 4.69) is 82.2 Å². The van der Waals surface area contributed by atoms with Crippen LogP contribution in [0.15, 0.2) is 48.6 Å². The van der Waals surface area contributed by atoms with E-state index >= 15 is 0 Å². The predicted octanol–water partition coefficient (Wildman–Crippen LogP) is 7.64. The summed E-state index contributed by atoms with van der Waals surface area (Å²) in [6.07, 6.45) is 31.8. The maximum absolute atomic E-state index is 2.43. The fourth-order valence-electron chi connectivity index (χ4n) is 4.91. The molecule has 4 aliphatic carbocycles. The van der Waals surface area contributed by atoms with E-state index in [0.29, 0.717) is 0 Å². The largest absolute Gasteiger partial charge is 0.0882 e. The Morgan fingerprint density at radius 2 is 1.43 bits per heavy atom. The van der Waals surface area contributed by atoms with Crippen molar-refractivity contribution in [2.75, 3.05) is 0 Å². The molecule has 154 valence electrons. The summed E-state index contributed by atoms with van der Waals surface area (Å²) in [5.41, 5.74) is 0. The van der Waals surface area contributed by atoms with Crippen LogP contribution >= 0.6 is 0 Å². The molecule has 0 nitrogen and oxygen atoms in total. The van der Waals surface area contributed by atoms with Gasteiger partial charge in [0.25, 0.3) is 0 Å². The topological polar surface area (TPSA) is 0 Å². The molecule has 4 aliphatic rings. The van der Waals surface area contributed by atoms with Gasteiger partial charge < -0.3 is 0 Å². The van der Waals surface area contributed by atoms with E-state index in [1.807, 2.05) is 0 Å². The Bertz CT molecular complexity index is 527. The molecule has 0 heterocycles. The van der Waals surface area contributed by atoms with Crippen molar-refractivity contribution >= 4 is 0 Å². The molecule has 2 saturated carbocycles. The standard InChI is InChI=1S/C19H25.C8H12.Co/c1-13(2)16-10-8-14(3)12-19(16)18-11-9-15-6-4-5-7-17(15)18;1-2-4-6-8-7-5-3-1;/h4-7,9,11,13-14,16,19H,8,10,12H2,1-3H3;1-2,7-8H,3-6H2;/b;2-1-,8-7-;/t14-,16+,19+;;/m1../s1. The first-order valence-electron chi connectivity index (χ1n) is 11.1. The summed E-state index contributed by atoms with van der Waals surface area (Å²) in [7, 11) is 0. The summed E-state index contributed by atoms with van der Waals surface area (Å²) in [4.78, 5) is 0. The molecule has 28 heavy (non-hydrogen) atoms. The third-order valence-corrected chi connectivity index (χ3v) is 6.47. The molecule has 0 aromatic rings. The van der Waals surface area contributed by atoms with Gasteiger partial charge in [0, 0.05) is 28.6 Å². The van der Waals surface area contributed by atoms with Crippen LogP contribution in [-0.2, 0) is 16.8 Å². The second-order valence-electron chi connectivity index (χ2n) is 8.91. The molecule has 0 aromatic carbocycles. The Morgan fingerprint density at radius 1 is 0.821 bits per heavy atom. The first-order valence-corrected chi connectivity index (χ1v) is 11.1. The van der Waals surface area contributed by atoms with Gasteiger partial charge in [-0.1, -0.05) is 75.8 Å². The van der Waals surface area contributed by atoms with E-state index in [-0.39, 0.29) is 16.8 Å². The van der Waals surface area contributed by atoms with Gasteiger partial charge in [-0.3, -0.25) is 0 Å². The van der Waals surface area contributed by atoms with Crippen LogP contribution in [0.5, 0.6) is 0 Å². The van der Waals surface area contributed by atoms with Crippen molar-refractivity contribution in [3.05, 3.63) is 79.2 Å². The van der Waals surface area contributed by atoms with E-state index in [4.69, 9.17) is 0 Å². The van der Waals surface area contributed by atoms with E-state index in [0.717, 1.165) is 23.7 Å². The number of allylic oxidation sites excluding steroid dienone is 8. The molecule has 0 amide bonds. The minimum Gasteiger partial charge on any atom is -0.0882 e. The predicted molar refractivity (Wildman–Crippen MR) is 118 cm³/mol. The van der Waals surface area contributed by atoms with E-state index in [1.165, 1.54) is 56.8 Å². The molecule has 0 spiro atoms. The maximum Gasteiger partial charge on any atom is 0.0161 e. The fraction of sp³-hybridized carbons (Fsp3) is 0.519. The maximum atomic E-state index is 2.43. The molecule has 6 radical (unpaired) electrons. The summed E-state index contributed by atoms with van der Waals surface area (Å²) in [6, 6.07) is 0. The average molecular weight is 421 g/mol. The number of fused-ring (bicyclic) bond motifs is 1. The van der Waals surface area contributed by atoms with E-state index in [1.54, 1.807) is 5.92 Å². The van der Waals surface area contributed by atoms with Gasteiger partial charge in [-0.25, -0.2) is 0 Å². The van der Waals surface area contributed by atoms with Crippen LogP contribution in [0.3, 0.4) is 0 Å². The first-order chi connectivity index (χ1) is 13.2. The van der Waals surface area contributed by atoms with Crippen LogP contribution in [0, 0.1) is 54.3 Å². The molecule has 0 N–H and O–H groups in total. The summed E-state index contributed by atoms with van der Waals surface area (Å²) < 4.78 is 0. The van der Waals surface area contributed by atoms with Crippen LogP contribution in [0.4, 0.5) is 0 Å². The van der Waals surface area contributed by atoms with Crippen molar-refractivity contribution in [3.63, 3.8) is 0 Å². The van der Waals surface area contributed by atoms with Gasteiger partial charge in [-0.15, -0.1) is 0 Å². The van der Waals surface area contributed by atoms with Gasteiger partial charge in [0.05, 0.1) is 0 Å². The molecule has 0 unspecified atom stereocenters. The quantitative estimate of drug-likeness (QED) is 0.403. The summed E-state index contributed by atoms with van der Waals surface area (Å²) in [5, 5.41) is 0. The fourth-order valence-corrected chi connectivity index (χ4v) is 4.91. The Kier molecular flexibility index (Phi) is 10.4. The summed E-state index contributed by atoms with van der Waals surface area (Å²) in [5.74, 6) is 7.83. The van der Waals surface area contributed by atoms with Gasteiger partial charge in [0.2, 0.25) is 0 Å². The van der Waals surface area contributed by atoms with E-state index < -0.39 is 0 Å². The van der Waals surface area contributed by atoms with Crippen LogP contribution in [0.25, 0.3) is 0 Å². The Labute approximate surface area is 185 Å². The van der Waals surface area contributed by atoms with Crippen molar-refractivity contribution in [3.8, 4) is 0 Å². The number of hydrogen-bond acceptors (Lipinski definition) is 0. The van der Waals surface area contributed by atoms with Crippen molar-refractivity contribution in [2.45, 2.75) is 65.7 Å². The van der Waals surface area contributed by atoms with Gasteiger partial charge in [0.15, 0.2) is 0 Å². The molecular formula is C27H37Co. The Morgan fingerprint density at radius 3 is 2.04 bits per heavy atom. The first kappa shape index (κ1) is 23.7. The molecular weight excluding hydrogens is 383 g/mol. The summed E-state index contributed by atoms with van der Waals surface area (Å²) >= 11 is 0. The molecule has 2 fully saturated rings. The Balaban J connectivity index is 0.000000264. The number of rotatable bonds is 2. The minimum atomic E-state index is 0. The van der Waals surface area contributed by atoms with Gasteiger partial charge in [-0.2, -0.15) is 0 Å². The van der Waals surface area contributed by atoms with Crippen molar-refractivity contribution in [2.24, 2.45) is 23.7 Å². The van der Waals surface area contributed by atoms with Gasteiger partial charge in [0.1, 0.15) is 0 Å². The van der Waals surface area contributed by atoms with Crippen LogP contribution in [-0.4, -0.2) is 0 Å². The van der Waals surface area contributed by atoms with Crippen LogP contribution in [0.2, 0.25) is 0 Å². The minimum absolute atomic E-state index is 0. The van der Waals surface area contributed by atoms with E-state index in [9.17, 15) is 0 Å². The van der Waals surface area contributed by atoms with Crippen molar-refractivity contribution in [1.29, 1.82) is 0 Å². The molecule has 3 atom stereocenters. The third kappa shape index (κ3) is 6.49. The second-order valence-corrected chi connectivity index (χ2v) is 8.91. The van der Waals surface area contributed by atoms with Crippen LogP contribution < -0.4 is 0 Å². The molecule has 0 aromatic heterocycles. The van der Waals surface area contributed by atoms with Crippen molar-refractivity contribution in [1.82, 2.24) is 0 Å². The number of hydrogen-bond donors (Lipinski definition) is 0. The van der Waals surface area contributed by atoms with Crippen LogP contribution in [0.1, 0.15) is 65.7 Å². The zero-order chi connectivity index (χ0) is 19.1. The SMILES string of the molecule is C1=C\CC/C=C\CC/1.CC(C)[C@@H]1CC[C@@H](C)C[C@@H]1[C]1[CH][CH][C]2C=CC=C[C]21.[Co]. The molecule has 0 aliphatic heterocycles. The molecule has 0 saturated heterocycles. The zero-order valence-electron chi connectivity index (χ0n) is 17.9. The third-order valence-electron chi connectivity index (χ3n) is 6.47. The zero-order valence-corrected chi connectivity index (χ0v) is 18.9. The smallest absolute Gasteiger partial charge is 0.0161 e. The monoisotopic (exact) mass is 420 g/mol. The van der Waals surface area contributed by atoms with Crippen molar-refractivity contribution < 1.29 is 16.8 Å². The summed E-state index contributed by atoms with van der Waals surface area (Å²) in [6.45, 7) is 7.23. The molecule has 0 bridgehead atoms. The van der Waals surface area contributed by atoms with Gasteiger partial charge in [-0.05, 0) is 81.0 Å².